The van der Waals surface area contributed by atoms with Crippen LogP contribution in [0.5, 0.6) is 0 Å². The van der Waals surface area contributed by atoms with Crippen LogP contribution in [0.3, 0.4) is 0 Å². The molecule has 3 heterocycles. The molecule has 1 saturated heterocycles. The number of hydrogen-bond acceptors (Lipinski definition) is 5. The smallest absolute Gasteiger partial charge is 0.225 e. The van der Waals surface area contributed by atoms with Crippen LogP contribution in [-0.2, 0) is 6.42 Å². The first-order valence-electron chi connectivity index (χ1n) is 8.04. The Morgan fingerprint density at radius 3 is 2.86 bits per heavy atom. The molecule has 116 valence electrons. The summed E-state index contributed by atoms with van der Waals surface area (Å²) in [6.07, 6.45) is 9.46. The highest BCUT2D eigenvalue weighted by Gasteiger charge is 2.24. The average molecular weight is 297 g/mol. The molecule has 1 atom stereocenters. The molecular weight excluding hydrogens is 274 g/mol. The SMILES string of the molecule is CNc1cccc(CCC2CCCCN2c2ncccn2)n1. The summed E-state index contributed by atoms with van der Waals surface area (Å²) in [7, 11) is 1.90. The minimum Gasteiger partial charge on any atom is -0.373 e. The van der Waals surface area contributed by atoms with Gasteiger partial charge in [-0.05, 0) is 50.3 Å². The second-order valence-electron chi connectivity index (χ2n) is 5.69. The zero-order chi connectivity index (χ0) is 15.2. The Hall–Kier alpha value is -2.17. The summed E-state index contributed by atoms with van der Waals surface area (Å²) in [5, 5.41) is 3.10. The van der Waals surface area contributed by atoms with E-state index >= 15 is 0 Å². The summed E-state index contributed by atoms with van der Waals surface area (Å²) >= 11 is 0. The fraction of sp³-hybridized carbons (Fsp3) is 0.471. The van der Waals surface area contributed by atoms with Gasteiger partial charge in [0.15, 0.2) is 0 Å². The van der Waals surface area contributed by atoms with E-state index in [9.17, 15) is 0 Å². The zero-order valence-electron chi connectivity index (χ0n) is 13.1. The van der Waals surface area contributed by atoms with Crippen molar-refractivity contribution < 1.29 is 0 Å². The number of aromatic nitrogens is 3. The monoisotopic (exact) mass is 297 g/mol. The van der Waals surface area contributed by atoms with E-state index in [4.69, 9.17) is 0 Å². The number of aryl methyl sites for hydroxylation is 1. The average Bonchev–Trinajstić information content (AvgIpc) is 2.61. The van der Waals surface area contributed by atoms with Crippen LogP contribution >= 0.6 is 0 Å². The van der Waals surface area contributed by atoms with Crippen molar-refractivity contribution in [2.75, 3.05) is 23.8 Å². The molecule has 2 aromatic heterocycles. The van der Waals surface area contributed by atoms with Gasteiger partial charge >= 0.3 is 0 Å². The Kier molecular flexibility index (Phi) is 4.83. The standard InChI is InChI=1S/C17H23N5/c1-18-16-8-4-6-14(21-16)9-10-15-7-2-3-13-22(15)17-19-11-5-12-20-17/h4-6,8,11-12,15H,2-3,7,9-10,13H2,1H3,(H,18,21). The van der Waals surface area contributed by atoms with Crippen molar-refractivity contribution in [1.29, 1.82) is 0 Å². The van der Waals surface area contributed by atoms with E-state index in [2.05, 4.69) is 37.3 Å². The molecular formula is C17H23N5. The second-order valence-corrected chi connectivity index (χ2v) is 5.69. The first kappa shape index (κ1) is 14.8. The predicted octanol–water partition coefficient (Wildman–Crippen LogP) is 2.91. The fourth-order valence-corrected chi connectivity index (χ4v) is 3.08. The molecule has 3 rings (SSSR count). The van der Waals surface area contributed by atoms with Crippen molar-refractivity contribution in [2.24, 2.45) is 0 Å². The van der Waals surface area contributed by atoms with Crippen LogP contribution in [0.25, 0.3) is 0 Å². The summed E-state index contributed by atoms with van der Waals surface area (Å²) < 4.78 is 0. The van der Waals surface area contributed by atoms with Gasteiger partial charge in [0.1, 0.15) is 5.82 Å². The van der Waals surface area contributed by atoms with E-state index in [0.29, 0.717) is 6.04 Å². The molecule has 0 bridgehead atoms. The van der Waals surface area contributed by atoms with Crippen molar-refractivity contribution in [3.05, 3.63) is 42.4 Å². The third-order valence-corrected chi connectivity index (χ3v) is 4.23. The Morgan fingerprint density at radius 2 is 2.05 bits per heavy atom. The van der Waals surface area contributed by atoms with Gasteiger partial charge in [-0.3, -0.25) is 0 Å². The minimum atomic E-state index is 0.510. The van der Waals surface area contributed by atoms with Crippen LogP contribution in [-0.4, -0.2) is 34.6 Å². The summed E-state index contributed by atoms with van der Waals surface area (Å²) in [5.41, 5.74) is 1.14. The largest absolute Gasteiger partial charge is 0.373 e. The van der Waals surface area contributed by atoms with E-state index < -0.39 is 0 Å². The van der Waals surface area contributed by atoms with Gasteiger partial charge in [0.25, 0.3) is 0 Å². The van der Waals surface area contributed by atoms with Gasteiger partial charge in [-0.1, -0.05) is 6.07 Å². The molecule has 0 aliphatic carbocycles. The third kappa shape index (κ3) is 3.53. The normalized spacial score (nSPS) is 18.2. The molecule has 0 aromatic carbocycles. The number of piperidine rings is 1. The number of pyridine rings is 1. The Morgan fingerprint density at radius 1 is 1.18 bits per heavy atom. The quantitative estimate of drug-likeness (QED) is 0.919. The van der Waals surface area contributed by atoms with Crippen molar-refractivity contribution in [3.8, 4) is 0 Å². The topological polar surface area (TPSA) is 53.9 Å². The molecule has 1 aliphatic heterocycles. The first-order chi connectivity index (χ1) is 10.9. The highest BCUT2D eigenvalue weighted by atomic mass is 15.3. The van der Waals surface area contributed by atoms with E-state index in [-0.39, 0.29) is 0 Å². The predicted molar refractivity (Wildman–Crippen MR) is 89.1 cm³/mol. The maximum absolute atomic E-state index is 4.61. The molecule has 0 spiro atoms. The first-order valence-corrected chi connectivity index (χ1v) is 8.04. The molecule has 2 aromatic rings. The van der Waals surface area contributed by atoms with E-state index in [1.54, 1.807) is 0 Å². The van der Waals surface area contributed by atoms with E-state index in [1.807, 2.05) is 31.6 Å². The summed E-state index contributed by atoms with van der Waals surface area (Å²) in [6.45, 7) is 1.05. The van der Waals surface area contributed by atoms with Gasteiger partial charge in [-0.25, -0.2) is 15.0 Å². The molecule has 0 radical (unpaired) electrons. The number of anilines is 2. The number of hydrogen-bond donors (Lipinski definition) is 1. The van der Waals surface area contributed by atoms with Crippen molar-refractivity contribution >= 4 is 11.8 Å². The van der Waals surface area contributed by atoms with Crippen LogP contribution in [0, 0.1) is 0 Å². The van der Waals surface area contributed by atoms with Crippen molar-refractivity contribution in [2.45, 2.75) is 38.1 Å². The Labute approximate surface area is 131 Å². The second kappa shape index (κ2) is 7.20. The highest BCUT2D eigenvalue weighted by Crippen LogP contribution is 2.24. The van der Waals surface area contributed by atoms with Gasteiger partial charge in [0, 0.05) is 37.7 Å². The molecule has 1 fully saturated rings. The van der Waals surface area contributed by atoms with Crippen LogP contribution in [0.2, 0.25) is 0 Å². The number of nitrogens with zero attached hydrogens (tertiary/aromatic N) is 4. The van der Waals surface area contributed by atoms with Crippen LogP contribution in [0.15, 0.2) is 36.7 Å². The van der Waals surface area contributed by atoms with Crippen molar-refractivity contribution in [1.82, 2.24) is 15.0 Å². The summed E-state index contributed by atoms with van der Waals surface area (Å²) in [4.78, 5) is 15.8. The molecule has 5 heteroatoms. The number of rotatable bonds is 5. The molecule has 1 unspecified atom stereocenters. The van der Waals surface area contributed by atoms with E-state index in [1.165, 1.54) is 19.3 Å². The lowest BCUT2D eigenvalue weighted by Crippen LogP contribution is -2.41. The van der Waals surface area contributed by atoms with Gasteiger partial charge in [0.2, 0.25) is 5.95 Å². The maximum atomic E-state index is 4.61. The molecule has 0 amide bonds. The van der Waals surface area contributed by atoms with Crippen LogP contribution < -0.4 is 10.2 Å². The van der Waals surface area contributed by atoms with Gasteiger partial charge in [0.05, 0.1) is 0 Å². The summed E-state index contributed by atoms with van der Waals surface area (Å²) in [5.74, 6) is 1.80. The maximum Gasteiger partial charge on any atom is 0.225 e. The van der Waals surface area contributed by atoms with Gasteiger partial charge < -0.3 is 10.2 Å². The molecule has 22 heavy (non-hydrogen) atoms. The Bertz CT molecular complexity index is 587. The highest BCUT2D eigenvalue weighted by molar-refractivity contribution is 5.35. The zero-order valence-corrected chi connectivity index (χ0v) is 13.1. The molecule has 5 nitrogen and oxygen atoms in total. The van der Waals surface area contributed by atoms with Crippen LogP contribution in [0.4, 0.5) is 11.8 Å². The summed E-state index contributed by atoms with van der Waals surface area (Å²) in [6, 6.07) is 8.54. The fourth-order valence-electron chi connectivity index (χ4n) is 3.08. The third-order valence-electron chi connectivity index (χ3n) is 4.23. The van der Waals surface area contributed by atoms with E-state index in [0.717, 1.165) is 36.8 Å². The molecule has 0 saturated carbocycles. The lowest BCUT2D eigenvalue weighted by molar-refractivity contribution is 0.430. The molecule has 1 aliphatic rings. The lowest BCUT2D eigenvalue weighted by Gasteiger charge is -2.35. The lowest BCUT2D eigenvalue weighted by atomic mass is 9.97. The van der Waals surface area contributed by atoms with Crippen LogP contribution in [0.1, 0.15) is 31.4 Å². The van der Waals surface area contributed by atoms with Gasteiger partial charge in [-0.15, -0.1) is 0 Å². The van der Waals surface area contributed by atoms with Gasteiger partial charge in [-0.2, -0.15) is 0 Å². The Balaban J connectivity index is 1.66. The number of nitrogens with one attached hydrogen (secondary N) is 1. The molecule has 1 N–H and O–H groups in total. The van der Waals surface area contributed by atoms with Crippen molar-refractivity contribution in [3.63, 3.8) is 0 Å². The minimum absolute atomic E-state index is 0.510.